The maximum atomic E-state index is 12.5. The highest BCUT2D eigenvalue weighted by atomic mass is 19.4. The molecule has 0 amide bonds. The van der Waals surface area contributed by atoms with Gasteiger partial charge in [-0.05, 0) is 31.0 Å². The molecule has 0 saturated carbocycles. The van der Waals surface area contributed by atoms with Crippen molar-refractivity contribution in [1.82, 2.24) is 0 Å². The van der Waals surface area contributed by atoms with Crippen LogP contribution in [0.2, 0.25) is 0 Å². The first kappa shape index (κ1) is 14.4. The molecular weight excluding hydrogens is 243 g/mol. The minimum Gasteiger partial charge on any atom is -0.321 e. The third kappa shape index (κ3) is 3.20. The van der Waals surface area contributed by atoms with Gasteiger partial charge in [-0.1, -0.05) is 12.1 Å². The summed E-state index contributed by atoms with van der Waals surface area (Å²) in [6.45, 7) is 4.93. The molecule has 18 heavy (non-hydrogen) atoms. The Hall–Kier alpha value is -1.62. The van der Waals surface area contributed by atoms with Crippen molar-refractivity contribution >= 4 is 5.78 Å². The predicted molar refractivity (Wildman–Crippen MR) is 63.3 cm³/mol. The zero-order valence-corrected chi connectivity index (χ0v) is 9.92. The van der Waals surface area contributed by atoms with E-state index in [9.17, 15) is 18.0 Å². The first-order valence-corrected chi connectivity index (χ1v) is 5.36. The number of carbonyl (C=O) groups excluding carboxylic acids is 1. The lowest BCUT2D eigenvalue weighted by Gasteiger charge is -2.13. The van der Waals surface area contributed by atoms with E-state index in [4.69, 9.17) is 5.73 Å². The smallest absolute Gasteiger partial charge is 0.321 e. The predicted octanol–water partition coefficient (Wildman–Crippen LogP) is 3.10. The molecule has 0 aromatic heterocycles. The summed E-state index contributed by atoms with van der Waals surface area (Å²) in [5.74, 6) is -0.374. The van der Waals surface area contributed by atoms with Crippen LogP contribution in [0.1, 0.15) is 27.9 Å². The van der Waals surface area contributed by atoms with Crippen LogP contribution in [0.3, 0.4) is 0 Å². The molecule has 2 nitrogen and oxygen atoms in total. The van der Waals surface area contributed by atoms with Gasteiger partial charge < -0.3 is 5.73 Å². The van der Waals surface area contributed by atoms with Gasteiger partial charge >= 0.3 is 6.18 Å². The minimum absolute atomic E-state index is 0.220. The summed E-state index contributed by atoms with van der Waals surface area (Å²) >= 11 is 0. The maximum absolute atomic E-state index is 12.5. The van der Waals surface area contributed by atoms with E-state index in [0.29, 0.717) is 6.42 Å². The van der Waals surface area contributed by atoms with Gasteiger partial charge in [0.1, 0.15) is 0 Å². The van der Waals surface area contributed by atoms with E-state index in [1.807, 2.05) is 0 Å². The highest BCUT2D eigenvalue weighted by molar-refractivity contribution is 6.01. The summed E-state index contributed by atoms with van der Waals surface area (Å²) in [5.41, 5.74) is 5.33. The Labute approximate surface area is 103 Å². The molecule has 1 aromatic rings. The molecule has 1 unspecified atom stereocenters. The number of aryl methyl sites for hydroxylation is 1. The normalized spacial score (nSPS) is 13.2. The first-order valence-electron chi connectivity index (χ1n) is 5.36. The molecule has 0 radical (unpaired) electrons. The first-order chi connectivity index (χ1) is 8.27. The molecule has 0 aliphatic heterocycles. The Kier molecular flexibility index (Phi) is 4.29. The van der Waals surface area contributed by atoms with Gasteiger partial charge in [-0.3, -0.25) is 4.79 Å². The van der Waals surface area contributed by atoms with E-state index in [1.165, 1.54) is 19.1 Å². The number of hydrogen-bond donors (Lipinski definition) is 1. The van der Waals surface area contributed by atoms with Crippen molar-refractivity contribution in [3.63, 3.8) is 0 Å². The summed E-state index contributed by atoms with van der Waals surface area (Å²) in [6, 6.07) is 2.25. The standard InChI is InChI=1S/C13H14F3NO/c1-3-4-11(17)12(18)10-6-5-9(7-8(10)2)13(14,15)16/h3,5-7,11H,1,4,17H2,2H3. The highest BCUT2D eigenvalue weighted by Gasteiger charge is 2.31. The van der Waals surface area contributed by atoms with E-state index in [0.717, 1.165) is 12.1 Å². The van der Waals surface area contributed by atoms with Crippen LogP contribution in [0.15, 0.2) is 30.9 Å². The van der Waals surface area contributed by atoms with Crippen molar-refractivity contribution in [1.29, 1.82) is 0 Å². The van der Waals surface area contributed by atoms with Gasteiger partial charge in [0.15, 0.2) is 5.78 Å². The van der Waals surface area contributed by atoms with Crippen molar-refractivity contribution in [2.45, 2.75) is 25.6 Å². The largest absolute Gasteiger partial charge is 0.416 e. The second kappa shape index (κ2) is 5.35. The van der Waals surface area contributed by atoms with Gasteiger partial charge in [-0.25, -0.2) is 0 Å². The molecule has 0 spiro atoms. The molecule has 0 aliphatic rings. The fourth-order valence-corrected chi connectivity index (χ4v) is 1.60. The molecule has 0 aliphatic carbocycles. The number of nitrogens with two attached hydrogens (primary N) is 1. The van der Waals surface area contributed by atoms with Crippen LogP contribution in [0.4, 0.5) is 13.2 Å². The number of halogens is 3. The van der Waals surface area contributed by atoms with Crippen molar-refractivity contribution in [3.8, 4) is 0 Å². The molecule has 5 heteroatoms. The van der Waals surface area contributed by atoms with Crippen LogP contribution in [0.5, 0.6) is 0 Å². The number of benzene rings is 1. The number of hydrogen-bond acceptors (Lipinski definition) is 2. The lowest BCUT2D eigenvalue weighted by molar-refractivity contribution is -0.137. The molecular formula is C13H14F3NO. The Bertz CT molecular complexity index is 466. The zero-order chi connectivity index (χ0) is 13.9. The van der Waals surface area contributed by atoms with Crippen molar-refractivity contribution < 1.29 is 18.0 Å². The summed E-state index contributed by atoms with van der Waals surface area (Å²) in [7, 11) is 0. The van der Waals surface area contributed by atoms with Gasteiger partial charge in [-0.15, -0.1) is 6.58 Å². The summed E-state index contributed by atoms with van der Waals surface area (Å²) < 4.78 is 37.4. The van der Waals surface area contributed by atoms with Crippen LogP contribution in [0.25, 0.3) is 0 Å². The monoisotopic (exact) mass is 257 g/mol. The second-order valence-corrected chi connectivity index (χ2v) is 4.02. The fourth-order valence-electron chi connectivity index (χ4n) is 1.60. The van der Waals surface area contributed by atoms with Gasteiger partial charge in [0, 0.05) is 5.56 Å². The van der Waals surface area contributed by atoms with Crippen LogP contribution >= 0.6 is 0 Å². The van der Waals surface area contributed by atoms with Crippen LogP contribution in [-0.4, -0.2) is 11.8 Å². The molecule has 98 valence electrons. The Morgan fingerprint density at radius 1 is 1.50 bits per heavy atom. The second-order valence-electron chi connectivity index (χ2n) is 4.02. The van der Waals surface area contributed by atoms with E-state index >= 15 is 0 Å². The zero-order valence-electron chi connectivity index (χ0n) is 9.92. The van der Waals surface area contributed by atoms with Gasteiger partial charge in [0.05, 0.1) is 11.6 Å². The summed E-state index contributed by atoms with van der Waals surface area (Å²) in [6.07, 6.45) is -2.61. The van der Waals surface area contributed by atoms with Crippen molar-refractivity contribution in [2.75, 3.05) is 0 Å². The van der Waals surface area contributed by atoms with E-state index in [2.05, 4.69) is 6.58 Å². The maximum Gasteiger partial charge on any atom is 0.416 e. The minimum atomic E-state index is -4.41. The number of ketones is 1. The van der Waals surface area contributed by atoms with Crippen LogP contribution < -0.4 is 5.73 Å². The summed E-state index contributed by atoms with van der Waals surface area (Å²) in [5, 5.41) is 0. The van der Waals surface area contributed by atoms with Gasteiger partial charge in [0.25, 0.3) is 0 Å². The van der Waals surface area contributed by atoms with E-state index < -0.39 is 17.8 Å². The number of rotatable bonds is 4. The van der Waals surface area contributed by atoms with E-state index in [1.54, 1.807) is 0 Å². The lowest BCUT2D eigenvalue weighted by atomic mass is 9.96. The number of alkyl halides is 3. The molecule has 1 atom stereocenters. The van der Waals surface area contributed by atoms with Crippen LogP contribution in [-0.2, 0) is 6.18 Å². The third-order valence-electron chi connectivity index (χ3n) is 2.58. The van der Waals surface area contributed by atoms with E-state index in [-0.39, 0.29) is 16.9 Å². The highest BCUT2D eigenvalue weighted by Crippen LogP contribution is 2.30. The fraction of sp³-hybridized carbons (Fsp3) is 0.308. The molecule has 1 aromatic carbocycles. The van der Waals surface area contributed by atoms with Crippen molar-refractivity contribution in [3.05, 3.63) is 47.5 Å². The Morgan fingerprint density at radius 3 is 2.56 bits per heavy atom. The topological polar surface area (TPSA) is 43.1 Å². The van der Waals surface area contributed by atoms with Gasteiger partial charge in [0.2, 0.25) is 0 Å². The van der Waals surface area contributed by atoms with Crippen LogP contribution in [0, 0.1) is 6.92 Å². The molecule has 0 bridgehead atoms. The Morgan fingerprint density at radius 2 is 2.11 bits per heavy atom. The quantitative estimate of drug-likeness (QED) is 0.665. The van der Waals surface area contributed by atoms with Crippen molar-refractivity contribution in [2.24, 2.45) is 5.73 Å². The Balaban J connectivity index is 3.06. The lowest BCUT2D eigenvalue weighted by Crippen LogP contribution is -2.30. The molecule has 1 rings (SSSR count). The molecule has 0 heterocycles. The molecule has 0 saturated heterocycles. The average Bonchev–Trinajstić information content (AvgIpc) is 2.27. The third-order valence-corrected chi connectivity index (χ3v) is 2.58. The molecule has 0 fully saturated rings. The number of Topliss-reactive ketones (excluding diaryl/α,β-unsaturated/α-hetero) is 1. The molecule has 2 N–H and O–H groups in total. The summed E-state index contributed by atoms with van der Waals surface area (Å²) in [4.78, 5) is 11.9. The van der Waals surface area contributed by atoms with Gasteiger partial charge in [-0.2, -0.15) is 13.2 Å². The SMILES string of the molecule is C=CCC(N)C(=O)c1ccc(C(F)(F)F)cc1C. The number of carbonyl (C=O) groups is 1. The average molecular weight is 257 g/mol.